The number of carbonyl (C=O) groups excluding carboxylic acids is 2. The Bertz CT molecular complexity index is 953. The molecule has 152 valence electrons. The van der Waals surface area contributed by atoms with Crippen LogP contribution in [-0.2, 0) is 14.3 Å². The third kappa shape index (κ3) is 4.09. The fourth-order valence-corrected chi connectivity index (χ4v) is 8.22. The first-order chi connectivity index (χ1) is 14.1. The van der Waals surface area contributed by atoms with Crippen molar-refractivity contribution < 1.29 is 26.7 Å². The van der Waals surface area contributed by atoms with Crippen LogP contribution in [0.3, 0.4) is 0 Å². The van der Waals surface area contributed by atoms with Crippen molar-refractivity contribution in [2.24, 2.45) is 0 Å². The number of Topliss-reactive ketones (excluding diaryl/α,β-unsaturated/α-hetero) is 1. The number of carbonyl (C=O) groups is 2. The van der Waals surface area contributed by atoms with Crippen molar-refractivity contribution in [2.75, 3.05) is 6.16 Å². The standard InChI is InChI=1S/C25H22O3P.ClH/c1-19-17-24(26)28-23(25(19)27)18-29(20-11-5-2-6-12-20,21-13-7-3-8-14-21)22-15-9-4-10-16-22;/h2-17,23H,18H2,1H3;1H/q+1;/p-1. The van der Waals surface area contributed by atoms with Crippen molar-refractivity contribution in [3.63, 3.8) is 0 Å². The highest BCUT2D eigenvalue weighted by molar-refractivity contribution is 7.95. The molecular weight excluding hydrogens is 415 g/mol. The third-order valence-corrected chi connectivity index (χ3v) is 9.72. The zero-order valence-corrected chi connectivity index (χ0v) is 18.2. The van der Waals surface area contributed by atoms with Crippen LogP contribution in [0.4, 0.5) is 0 Å². The number of ether oxygens (including phenoxy) is 1. The van der Waals surface area contributed by atoms with Gasteiger partial charge in [-0.05, 0) is 43.3 Å². The highest BCUT2D eigenvalue weighted by atomic mass is 35.5. The van der Waals surface area contributed by atoms with Crippen LogP contribution < -0.4 is 28.3 Å². The van der Waals surface area contributed by atoms with E-state index in [4.69, 9.17) is 4.74 Å². The second-order valence-electron chi connectivity index (χ2n) is 7.12. The Hall–Kier alpha value is -2.74. The summed E-state index contributed by atoms with van der Waals surface area (Å²) in [6, 6.07) is 30.8. The molecule has 0 aliphatic carbocycles. The lowest BCUT2D eigenvalue weighted by atomic mass is 10.1. The molecule has 5 heteroatoms. The summed E-state index contributed by atoms with van der Waals surface area (Å²) < 4.78 is 5.55. The molecule has 4 rings (SSSR count). The number of halogens is 1. The first-order valence-electron chi connectivity index (χ1n) is 9.59. The molecule has 0 N–H and O–H groups in total. The smallest absolute Gasteiger partial charge is 0.332 e. The highest BCUT2D eigenvalue weighted by Crippen LogP contribution is 2.56. The average Bonchev–Trinajstić information content (AvgIpc) is 2.77. The number of hydrogen-bond acceptors (Lipinski definition) is 3. The largest absolute Gasteiger partial charge is 1.00 e. The van der Waals surface area contributed by atoms with Gasteiger partial charge in [0, 0.05) is 11.6 Å². The molecule has 1 heterocycles. The predicted molar refractivity (Wildman–Crippen MR) is 119 cm³/mol. The maximum absolute atomic E-state index is 12.9. The van der Waals surface area contributed by atoms with E-state index in [1.54, 1.807) is 6.92 Å². The molecule has 0 amide bonds. The van der Waals surface area contributed by atoms with Gasteiger partial charge in [0.05, 0.1) is 0 Å². The monoisotopic (exact) mass is 436 g/mol. The van der Waals surface area contributed by atoms with Crippen LogP contribution in [0.1, 0.15) is 6.92 Å². The number of esters is 1. The molecule has 0 bridgehead atoms. The van der Waals surface area contributed by atoms with Gasteiger partial charge in [0.2, 0.25) is 5.78 Å². The molecule has 3 nitrogen and oxygen atoms in total. The summed E-state index contributed by atoms with van der Waals surface area (Å²) >= 11 is 0. The summed E-state index contributed by atoms with van der Waals surface area (Å²) in [4.78, 5) is 25.0. The lowest BCUT2D eigenvalue weighted by molar-refractivity contribution is -0.149. The zero-order chi connectivity index (χ0) is 20.3. The predicted octanol–water partition coefficient (Wildman–Crippen LogP) is 0.425. The summed E-state index contributed by atoms with van der Waals surface area (Å²) in [5.74, 6) is -0.559. The van der Waals surface area contributed by atoms with Gasteiger partial charge in [-0.25, -0.2) is 4.79 Å². The molecule has 1 aliphatic heterocycles. The van der Waals surface area contributed by atoms with Gasteiger partial charge in [-0.1, -0.05) is 54.6 Å². The molecule has 0 saturated heterocycles. The van der Waals surface area contributed by atoms with E-state index < -0.39 is 19.3 Å². The number of rotatable bonds is 5. The van der Waals surface area contributed by atoms with E-state index in [0.717, 1.165) is 15.9 Å². The summed E-state index contributed by atoms with van der Waals surface area (Å²) in [5.41, 5.74) is 0.457. The Morgan fingerprint density at radius 1 is 0.733 bits per heavy atom. The fraction of sp³-hybridized carbons (Fsp3) is 0.120. The Labute approximate surface area is 183 Å². The number of ketones is 1. The van der Waals surface area contributed by atoms with Gasteiger partial charge in [-0.3, -0.25) is 4.79 Å². The van der Waals surface area contributed by atoms with Gasteiger partial charge in [-0.2, -0.15) is 0 Å². The van der Waals surface area contributed by atoms with Crippen molar-refractivity contribution >= 4 is 34.9 Å². The third-order valence-electron chi connectivity index (χ3n) is 5.30. The minimum atomic E-state index is -2.24. The Morgan fingerprint density at radius 3 is 1.53 bits per heavy atom. The second-order valence-corrected chi connectivity index (χ2v) is 10.6. The average molecular weight is 437 g/mol. The Morgan fingerprint density at radius 2 is 1.13 bits per heavy atom. The van der Waals surface area contributed by atoms with Gasteiger partial charge in [0.1, 0.15) is 29.3 Å². The normalized spacial score (nSPS) is 16.3. The lowest BCUT2D eigenvalue weighted by Crippen LogP contribution is -3.00. The van der Waals surface area contributed by atoms with Crippen LogP contribution in [0, 0.1) is 0 Å². The maximum atomic E-state index is 12.9. The van der Waals surface area contributed by atoms with Crippen LogP contribution in [0.25, 0.3) is 0 Å². The van der Waals surface area contributed by atoms with Crippen molar-refractivity contribution in [2.45, 2.75) is 13.0 Å². The summed E-state index contributed by atoms with van der Waals surface area (Å²) in [7, 11) is -2.24. The van der Waals surface area contributed by atoms with Gasteiger partial charge < -0.3 is 17.1 Å². The molecule has 3 aromatic carbocycles. The lowest BCUT2D eigenvalue weighted by Gasteiger charge is -2.31. The van der Waals surface area contributed by atoms with E-state index in [-0.39, 0.29) is 18.2 Å². The van der Waals surface area contributed by atoms with Gasteiger partial charge in [-0.15, -0.1) is 0 Å². The van der Waals surface area contributed by atoms with Crippen LogP contribution in [0.2, 0.25) is 0 Å². The van der Waals surface area contributed by atoms with Crippen LogP contribution in [0.15, 0.2) is 103 Å². The molecule has 0 aromatic heterocycles. The van der Waals surface area contributed by atoms with E-state index in [1.165, 1.54) is 6.08 Å². The number of cyclic esters (lactones) is 1. The quantitative estimate of drug-likeness (QED) is 0.430. The molecular formula is C25H22ClO3P. The van der Waals surface area contributed by atoms with Crippen molar-refractivity contribution in [3.05, 3.63) is 103 Å². The van der Waals surface area contributed by atoms with Crippen molar-refractivity contribution in [3.8, 4) is 0 Å². The van der Waals surface area contributed by atoms with E-state index in [1.807, 2.05) is 54.6 Å². The first-order valence-corrected chi connectivity index (χ1v) is 11.6. The highest BCUT2D eigenvalue weighted by Gasteiger charge is 2.50. The van der Waals surface area contributed by atoms with Crippen LogP contribution in [0.5, 0.6) is 0 Å². The minimum absolute atomic E-state index is 0. The number of benzene rings is 3. The zero-order valence-electron chi connectivity index (χ0n) is 16.6. The molecule has 0 radical (unpaired) electrons. The molecule has 1 aliphatic rings. The van der Waals surface area contributed by atoms with Crippen LogP contribution >= 0.6 is 7.26 Å². The van der Waals surface area contributed by atoms with Gasteiger partial charge in [0.15, 0.2) is 6.10 Å². The van der Waals surface area contributed by atoms with Crippen LogP contribution in [-0.4, -0.2) is 24.0 Å². The Kier molecular flexibility index (Phi) is 6.87. The molecule has 0 saturated carbocycles. The van der Waals surface area contributed by atoms with Crippen molar-refractivity contribution in [1.82, 2.24) is 0 Å². The van der Waals surface area contributed by atoms with E-state index in [9.17, 15) is 9.59 Å². The van der Waals surface area contributed by atoms with Gasteiger partial charge in [0.25, 0.3) is 0 Å². The topological polar surface area (TPSA) is 43.4 Å². The minimum Gasteiger partial charge on any atom is -1.00 e. The Balaban J connectivity index is 0.00000256. The maximum Gasteiger partial charge on any atom is 0.332 e. The molecule has 3 aromatic rings. The molecule has 1 atom stereocenters. The summed E-state index contributed by atoms with van der Waals surface area (Å²) in [5, 5.41) is 3.48. The summed E-state index contributed by atoms with van der Waals surface area (Å²) in [6.45, 7) is 1.68. The second kappa shape index (κ2) is 9.38. The molecule has 30 heavy (non-hydrogen) atoms. The van der Waals surface area contributed by atoms with Crippen molar-refractivity contribution in [1.29, 1.82) is 0 Å². The fourth-order valence-electron chi connectivity index (χ4n) is 3.91. The number of hydrogen-bond donors (Lipinski definition) is 0. The first kappa shape index (κ1) is 22.0. The summed E-state index contributed by atoms with van der Waals surface area (Å²) in [6.07, 6.45) is 0.939. The van der Waals surface area contributed by atoms with Gasteiger partial charge >= 0.3 is 5.97 Å². The molecule has 1 unspecified atom stereocenters. The molecule has 0 fully saturated rings. The molecule has 0 spiro atoms. The van der Waals surface area contributed by atoms with E-state index in [2.05, 4.69) is 36.4 Å². The van der Waals surface area contributed by atoms with E-state index >= 15 is 0 Å². The van der Waals surface area contributed by atoms with E-state index in [0.29, 0.717) is 11.7 Å². The SMILES string of the molecule is CC1=CC(=O)OC(C[P+](c2ccccc2)(c2ccccc2)c2ccccc2)C1=O.[Cl-].